The molecule has 6 nitrogen and oxygen atoms in total. The number of hydrogen-bond donors (Lipinski definition) is 1. The van der Waals surface area contributed by atoms with Crippen LogP contribution in [0.1, 0.15) is 9.67 Å². The van der Waals surface area contributed by atoms with Gasteiger partial charge in [0.05, 0.1) is 24.1 Å². The van der Waals surface area contributed by atoms with Gasteiger partial charge in [0.1, 0.15) is 5.82 Å². The van der Waals surface area contributed by atoms with Gasteiger partial charge in [0.15, 0.2) is 0 Å². The fraction of sp³-hybridized carbons (Fsp3) is 0.368. The summed E-state index contributed by atoms with van der Waals surface area (Å²) in [5, 5.41) is 8.85. The zero-order valence-corrected chi connectivity index (χ0v) is 15.7. The molecule has 1 fully saturated rings. The fourth-order valence-electron chi connectivity index (χ4n) is 3.04. The Hall–Kier alpha value is -2.29. The van der Waals surface area contributed by atoms with Gasteiger partial charge in [-0.15, -0.1) is 11.3 Å². The van der Waals surface area contributed by atoms with Crippen molar-refractivity contribution >= 4 is 23.2 Å². The Labute approximate surface area is 160 Å². The van der Waals surface area contributed by atoms with E-state index in [0.29, 0.717) is 31.1 Å². The first kappa shape index (κ1) is 19.5. The number of ether oxygens (including phenoxy) is 1. The number of carbonyl (C=O) groups excluding carboxylic acids is 1. The first-order valence-corrected chi connectivity index (χ1v) is 9.41. The van der Waals surface area contributed by atoms with E-state index in [1.54, 1.807) is 35.0 Å². The first-order valence-electron chi connectivity index (χ1n) is 8.59. The third-order valence-electron chi connectivity index (χ3n) is 4.29. The maximum Gasteiger partial charge on any atom is 0.317 e. The lowest BCUT2D eigenvalue weighted by molar-refractivity contribution is -0.138. The van der Waals surface area contributed by atoms with E-state index in [0.717, 1.165) is 10.4 Å². The van der Waals surface area contributed by atoms with Crippen LogP contribution in [0.5, 0.6) is 0 Å². The molecule has 1 aliphatic rings. The molecule has 144 valence electrons. The van der Waals surface area contributed by atoms with Gasteiger partial charge in [0, 0.05) is 24.5 Å². The van der Waals surface area contributed by atoms with Crippen LogP contribution in [0, 0.1) is 5.82 Å². The second-order valence-electron chi connectivity index (χ2n) is 6.51. The van der Waals surface area contributed by atoms with Crippen LogP contribution < -0.4 is 0 Å². The monoisotopic (exact) mass is 392 g/mol. The molecule has 3 rings (SSSR count). The lowest BCUT2D eigenvalue weighted by Gasteiger charge is -2.34. The second-order valence-corrected chi connectivity index (χ2v) is 7.59. The molecule has 1 aliphatic heterocycles. The van der Waals surface area contributed by atoms with Crippen molar-refractivity contribution in [1.82, 2.24) is 9.80 Å². The molecule has 0 bridgehead atoms. The predicted molar refractivity (Wildman–Crippen MR) is 100 cm³/mol. The highest BCUT2D eigenvalue weighted by molar-refractivity contribution is 7.17. The Morgan fingerprint density at radius 3 is 2.74 bits per heavy atom. The summed E-state index contributed by atoms with van der Waals surface area (Å²) in [5.41, 5.74) is 0.871. The Balaban J connectivity index is 1.63. The van der Waals surface area contributed by atoms with E-state index < -0.39 is 5.97 Å². The van der Waals surface area contributed by atoms with E-state index in [-0.39, 0.29) is 24.4 Å². The van der Waals surface area contributed by atoms with Crippen LogP contribution in [0.25, 0.3) is 10.4 Å². The molecule has 1 N–H and O–H groups in total. The van der Waals surface area contributed by atoms with Crippen molar-refractivity contribution in [2.75, 3.05) is 39.8 Å². The number of morpholine rings is 1. The summed E-state index contributed by atoms with van der Waals surface area (Å²) >= 11 is 1.37. The largest absolute Gasteiger partial charge is 0.480 e. The minimum absolute atomic E-state index is 0.0671. The summed E-state index contributed by atoms with van der Waals surface area (Å²) in [6.45, 7) is 1.73. The summed E-state index contributed by atoms with van der Waals surface area (Å²) in [5.74, 6) is -1.26. The van der Waals surface area contributed by atoms with Crippen LogP contribution in [0.15, 0.2) is 36.4 Å². The molecule has 1 aromatic heterocycles. The quantitative estimate of drug-likeness (QED) is 0.818. The van der Waals surface area contributed by atoms with Crippen LogP contribution in [0.2, 0.25) is 0 Å². The van der Waals surface area contributed by atoms with Crippen molar-refractivity contribution in [2.24, 2.45) is 0 Å². The third-order valence-corrected chi connectivity index (χ3v) is 5.41. The van der Waals surface area contributed by atoms with E-state index in [1.165, 1.54) is 23.5 Å². The number of likely N-dealkylation sites (N-methyl/N-ethyl adjacent to an activating group) is 1. The topological polar surface area (TPSA) is 70.1 Å². The molecule has 1 amide bonds. The summed E-state index contributed by atoms with van der Waals surface area (Å²) in [6, 6.07) is 9.83. The van der Waals surface area contributed by atoms with Crippen LogP contribution >= 0.6 is 11.3 Å². The number of benzene rings is 1. The molecule has 8 heteroatoms. The Morgan fingerprint density at radius 1 is 1.30 bits per heavy atom. The molecule has 2 aromatic rings. The number of carboxylic acids is 1. The number of carbonyl (C=O) groups is 2. The normalized spacial score (nSPS) is 17.3. The van der Waals surface area contributed by atoms with E-state index in [4.69, 9.17) is 9.84 Å². The number of nitrogens with zero attached hydrogens (tertiary/aromatic N) is 2. The number of halogens is 1. The summed E-state index contributed by atoms with van der Waals surface area (Å²) < 4.78 is 18.7. The average Bonchev–Trinajstić information content (AvgIpc) is 3.11. The van der Waals surface area contributed by atoms with Crippen LogP contribution in [-0.4, -0.2) is 72.7 Å². The molecule has 0 aliphatic carbocycles. The zero-order chi connectivity index (χ0) is 19.4. The van der Waals surface area contributed by atoms with Crippen LogP contribution in [0.3, 0.4) is 0 Å². The van der Waals surface area contributed by atoms with Gasteiger partial charge in [-0.1, -0.05) is 12.1 Å². The van der Waals surface area contributed by atoms with Crippen molar-refractivity contribution in [3.8, 4) is 10.4 Å². The molecular formula is C19H21FN2O4S. The molecular weight excluding hydrogens is 371 g/mol. The maximum atomic E-state index is 13.1. The summed E-state index contributed by atoms with van der Waals surface area (Å²) in [7, 11) is 1.71. The highest BCUT2D eigenvalue weighted by Crippen LogP contribution is 2.29. The van der Waals surface area contributed by atoms with Gasteiger partial charge in [0.25, 0.3) is 5.91 Å². The van der Waals surface area contributed by atoms with Crippen LogP contribution in [-0.2, 0) is 9.53 Å². The summed E-state index contributed by atoms with van der Waals surface area (Å²) in [6.07, 6.45) is -0.219. The first-order chi connectivity index (χ1) is 12.9. The standard InChI is InChI=1S/C19H21FN2O4S/c1-21(12-18(23)24)10-15-11-22(8-9-26-15)19(25)17-7-6-16(27-17)13-2-4-14(20)5-3-13/h2-7,15H,8-12H2,1H3,(H,23,24). The van der Waals surface area contributed by atoms with Gasteiger partial charge < -0.3 is 14.7 Å². The highest BCUT2D eigenvalue weighted by Gasteiger charge is 2.27. The van der Waals surface area contributed by atoms with E-state index in [1.807, 2.05) is 6.07 Å². The molecule has 1 aromatic carbocycles. The maximum absolute atomic E-state index is 13.1. The molecule has 1 atom stereocenters. The van der Waals surface area contributed by atoms with Crippen molar-refractivity contribution in [3.05, 3.63) is 47.1 Å². The number of thiophene rings is 1. The minimum Gasteiger partial charge on any atom is -0.480 e. The molecule has 0 spiro atoms. The number of hydrogen-bond acceptors (Lipinski definition) is 5. The lowest BCUT2D eigenvalue weighted by atomic mass is 10.2. The van der Waals surface area contributed by atoms with E-state index in [2.05, 4.69) is 0 Å². The molecule has 27 heavy (non-hydrogen) atoms. The number of aliphatic carboxylic acids is 1. The Morgan fingerprint density at radius 2 is 2.04 bits per heavy atom. The van der Waals surface area contributed by atoms with Crippen molar-refractivity contribution in [3.63, 3.8) is 0 Å². The predicted octanol–water partition coefficient (Wildman–Crippen LogP) is 2.41. The average molecular weight is 392 g/mol. The Bertz CT molecular complexity index is 808. The van der Waals surface area contributed by atoms with Gasteiger partial charge in [-0.3, -0.25) is 14.5 Å². The van der Waals surface area contributed by atoms with Gasteiger partial charge in [0.2, 0.25) is 0 Å². The fourth-order valence-corrected chi connectivity index (χ4v) is 4.01. The molecule has 0 saturated carbocycles. The SMILES string of the molecule is CN(CC(=O)O)CC1CN(C(=O)c2ccc(-c3ccc(F)cc3)s2)CCO1. The lowest BCUT2D eigenvalue weighted by Crippen LogP contribution is -2.49. The second kappa shape index (κ2) is 8.60. The number of amides is 1. The van der Waals surface area contributed by atoms with Gasteiger partial charge in [-0.2, -0.15) is 0 Å². The third kappa shape index (κ3) is 5.12. The number of carboxylic acid groups (broad SMARTS) is 1. The van der Waals surface area contributed by atoms with Crippen molar-refractivity contribution < 1.29 is 23.8 Å². The van der Waals surface area contributed by atoms with Crippen LogP contribution in [0.4, 0.5) is 4.39 Å². The molecule has 0 radical (unpaired) electrons. The Kier molecular flexibility index (Phi) is 6.20. The molecule has 1 unspecified atom stereocenters. The summed E-state index contributed by atoms with van der Waals surface area (Å²) in [4.78, 5) is 28.5. The molecule has 2 heterocycles. The minimum atomic E-state index is -0.895. The smallest absolute Gasteiger partial charge is 0.317 e. The van der Waals surface area contributed by atoms with E-state index in [9.17, 15) is 14.0 Å². The van der Waals surface area contributed by atoms with Gasteiger partial charge >= 0.3 is 5.97 Å². The zero-order valence-electron chi connectivity index (χ0n) is 14.9. The van der Waals surface area contributed by atoms with Gasteiger partial charge in [-0.05, 0) is 36.9 Å². The van der Waals surface area contributed by atoms with Crippen molar-refractivity contribution in [2.45, 2.75) is 6.10 Å². The van der Waals surface area contributed by atoms with Crippen molar-refractivity contribution in [1.29, 1.82) is 0 Å². The van der Waals surface area contributed by atoms with Gasteiger partial charge in [-0.25, -0.2) is 4.39 Å². The van der Waals surface area contributed by atoms with E-state index >= 15 is 0 Å². The number of rotatable bonds is 6. The molecule has 1 saturated heterocycles. The highest BCUT2D eigenvalue weighted by atomic mass is 32.1.